The summed E-state index contributed by atoms with van der Waals surface area (Å²) in [7, 11) is 1.65. The van der Waals surface area contributed by atoms with E-state index in [9.17, 15) is 4.39 Å². The Kier molecular flexibility index (Phi) is 3.61. The smallest absolute Gasteiger partial charge is 0.180 e. The van der Waals surface area contributed by atoms with E-state index in [1.807, 2.05) is 17.5 Å². The zero-order chi connectivity index (χ0) is 12.3. The number of nitrogens with two attached hydrogens (primary N) is 1. The van der Waals surface area contributed by atoms with Gasteiger partial charge in [-0.15, -0.1) is 11.3 Å². The van der Waals surface area contributed by atoms with Crippen LogP contribution in [-0.4, -0.2) is 7.05 Å². The molecule has 1 aromatic heterocycles. The van der Waals surface area contributed by atoms with Gasteiger partial charge in [-0.05, 0) is 23.6 Å². The molecule has 0 aliphatic heterocycles. The number of nitrogens with zero attached hydrogens (tertiary/aromatic N) is 1. The molecule has 17 heavy (non-hydrogen) atoms. The number of halogens is 1. The van der Waals surface area contributed by atoms with Crippen LogP contribution < -0.4 is 15.6 Å². The van der Waals surface area contributed by atoms with Crippen LogP contribution in [0.15, 0.2) is 35.7 Å². The summed E-state index contributed by atoms with van der Waals surface area (Å²) < 4.78 is 19.1. The van der Waals surface area contributed by atoms with Gasteiger partial charge in [-0.1, -0.05) is 12.1 Å². The third-order valence-corrected chi connectivity index (χ3v) is 3.11. The van der Waals surface area contributed by atoms with Crippen LogP contribution in [0.5, 0.6) is 5.75 Å². The summed E-state index contributed by atoms with van der Waals surface area (Å²) in [5.74, 6) is 5.40. The molecule has 0 aliphatic carbocycles. The summed E-state index contributed by atoms with van der Waals surface area (Å²) in [6.45, 7) is 0.347. The lowest BCUT2D eigenvalue weighted by Gasteiger charge is -2.17. The Hall–Kier alpha value is -1.59. The first kappa shape index (κ1) is 11.9. The van der Waals surface area contributed by atoms with Crippen molar-refractivity contribution < 1.29 is 9.13 Å². The van der Waals surface area contributed by atoms with Crippen LogP contribution in [-0.2, 0) is 6.61 Å². The van der Waals surface area contributed by atoms with Gasteiger partial charge >= 0.3 is 0 Å². The maximum atomic E-state index is 13.6. The van der Waals surface area contributed by atoms with Crippen LogP contribution in [0.3, 0.4) is 0 Å². The number of benzene rings is 1. The average molecular weight is 252 g/mol. The summed E-state index contributed by atoms with van der Waals surface area (Å²) in [5, 5.41) is 3.29. The Morgan fingerprint density at radius 3 is 2.82 bits per heavy atom. The van der Waals surface area contributed by atoms with E-state index < -0.39 is 5.82 Å². The Morgan fingerprint density at radius 2 is 2.18 bits per heavy atom. The van der Waals surface area contributed by atoms with Gasteiger partial charge in [-0.2, -0.15) is 0 Å². The van der Waals surface area contributed by atoms with Crippen molar-refractivity contribution >= 4 is 17.0 Å². The topological polar surface area (TPSA) is 38.5 Å². The average Bonchev–Trinajstić information content (AvgIpc) is 2.80. The molecule has 90 valence electrons. The number of anilines is 1. The van der Waals surface area contributed by atoms with E-state index in [0.29, 0.717) is 12.3 Å². The number of hydrogen-bond donors (Lipinski definition) is 1. The normalized spacial score (nSPS) is 10.3. The number of hydrogen-bond acceptors (Lipinski definition) is 4. The Balaban J connectivity index is 2.19. The summed E-state index contributed by atoms with van der Waals surface area (Å²) >= 11 is 1.57. The van der Waals surface area contributed by atoms with Crippen molar-refractivity contribution in [2.75, 3.05) is 12.1 Å². The second kappa shape index (κ2) is 5.16. The number of ether oxygens (including phenoxy) is 1. The molecule has 0 aliphatic rings. The van der Waals surface area contributed by atoms with E-state index >= 15 is 0 Å². The molecule has 2 rings (SSSR count). The number of hydrazine groups is 1. The van der Waals surface area contributed by atoms with Gasteiger partial charge < -0.3 is 9.75 Å². The molecule has 0 bridgehead atoms. The first-order chi connectivity index (χ1) is 8.18. The van der Waals surface area contributed by atoms with Crippen molar-refractivity contribution in [2.24, 2.45) is 5.84 Å². The van der Waals surface area contributed by atoms with Crippen molar-refractivity contribution in [2.45, 2.75) is 6.61 Å². The molecule has 0 atom stereocenters. The molecule has 3 nitrogen and oxygen atoms in total. The van der Waals surface area contributed by atoms with E-state index in [1.54, 1.807) is 30.5 Å². The Bertz CT molecular complexity index is 485. The number of thiophene rings is 1. The summed E-state index contributed by atoms with van der Waals surface area (Å²) in [4.78, 5) is 1.04. The summed E-state index contributed by atoms with van der Waals surface area (Å²) in [6, 6.07) is 8.55. The van der Waals surface area contributed by atoms with Gasteiger partial charge in [-0.3, -0.25) is 0 Å². The molecule has 0 fully saturated rings. The predicted molar refractivity (Wildman–Crippen MR) is 67.6 cm³/mol. The second-order valence-electron chi connectivity index (χ2n) is 3.57. The van der Waals surface area contributed by atoms with Crippen LogP contribution in [0, 0.1) is 5.82 Å². The number of rotatable bonds is 4. The molecule has 0 saturated heterocycles. The molecule has 2 N–H and O–H groups in total. The van der Waals surface area contributed by atoms with Crippen LogP contribution >= 0.6 is 11.3 Å². The highest BCUT2D eigenvalue weighted by molar-refractivity contribution is 7.09. The molecule has 2 aromatic rings. The Morgan fingerprint density at radius 1 is 1.35 bits per heavy atom. The van der Waals surface area contributed by atoms with E-state index in [0.717, 1.165) is 4.88 Å². The molecule has 0 spiro atoms. The van der Waals surface area contributed by atoms with E-state index in [2.05, 4.69) is 0 Å². The lowest BCUT2D eigenvalue weighted by Crippen LogP contribution is -2.25. The molecule has 1 aromatic carbocycles. The monoisotopic (exact) mass is 252 g/mol. The third kappa shape index (κ3) is 2.75. The van der Waals surface area contributed by atoms with Crippen molar-refractivity contribution in [1.29, 1.82) is 0 Å². The zero-order valence-electron chi connectivity index (χ0n) is 9.39. The lowest BCUT2D eigenvalue weighted by atomic mass is 10.2. The van der Waals surface area contributed by atoms with Crippen molar-refractivity contribution in [3.05, 3.63) is 46.4 Å². The van der Waals surface area contributed by atoms with Gasteiger partial charge in [0.1, 0.15) is 6.61 Å². The molecule has 0 amide bonds. The van der Waals surface area contributed by atoms with Gasteiger partial charge in [0.2, 0.25) is 0 Å². The van der Waals surface area contributed by atoms with Crippen LogP contribution in [0.1, 0.15) is 4.88 Å². The van der Waals surface area contributed by atoms with Gasteiger partial charge in [0.15, 0.2) is 11.6 Å². The highest BCUT2D eigenvalue weighted by Gasteiger charge is 2.12. The fraction of sp³-hybridized carbons (Fsp3) is 0.167. The van der Waals surface area contributed by atoms with E-state index in [4.69, 9.17) is 10.6 Å². The van der Waals surface area contributed by atoms with Crippen LogP contribution in [0.4, 0.5) is 10.1 Å². The number of para-hydroxylation sites is 1. The Labute approximate surface area is 103 Å². The fourth-order valence-corrected chi connectivity index (χ4v) is 2.07. The SMILES string of the molecule is CN(N)c1cccc(F)c1OCc1cccs1. The van der Waals surface area contributed by atoms with Crippen molar-refractivity contribution in [3.63, 3.8) is 0 Å². The fourth-order valence-electron chi connectivity index (χ4n) is 1.46. The zero-order valence-corrected chi connectivity index (χ0v) is 10.2. The van der Waals surface area contributed by atoms with E-state index in [-0.39, 0.29) is 5.75 Å². The molecule has 1 heterocycles. The minimum Gasteiger partial charge on any atom is -0.483 e. The minimum absolute atomic E-state index is 0.186. The van der Waals surface area contributed by atoms with Gasteiger partial charge in [-0.25, -0.2) is 10.2 Å². The first-order valence-corrected chi connectivity index (χ1v) is 5.98. The highest BCUT2D eigenvalue weighted by atomic mass is 32.1. The quantitative estimate of drug-likeness (QED) is 0.671. The van der Waals surface area contributed by atoms with Gasteiger partial charge in [0.05, 0.1) is 5.69 Å². The summed E-state index contributed by atoms with van der Waals surface area (Å²) in [5.41, 5.74) is 0.529. The molecule has 0 radical (unpaired) electrons. The molecule has 0 saturated carbocycles. The second-order valence-corrected chi connectivity index (χ2v) is 4.60. The summed E-state index contributed by atoms with van der Waals surface area (Å²) in [6.07, 6.45) is 0. The first-order valence-electron chi connectivity index (χ1n) is 5.10. The maximum Gasteiger partial charge on any atom is 0.180 e. The largest absolute Gasteiger partial charge is 0.483 e. The van der Waals surface area contributed by atoms with E-state index in [1.165, 1.54) is 11.1 Å². The molecule has 5 heteroatoms. The molecule has 0 unspecified atom stereocenters. The minimum atomic E-state index is -0.406. The molecular formula is C12H13FN2OS. The predicted octanol–water partition coefficient (Wildman–Crippen LogP) is 2.78. The van der Waals surface area contributed by atoms with Gasteiger partial charge in [0, 0.05) is 11.9 Å². The highest BCUT2D eigenvalue weighted by Crippen LogP contribution is 2.30. The van der Waals surface area contributed by atoms with Crippen molar-refractivity contribution in [1.82, 2.24) is 0 Å². The van der Waals surface area contributed by atoms with Crippen molar-refractivity contribution in [3.8, 4) is 5.75 Å². The van der Waals surface area contributed by atoms with Crippen LogP contribution in [0.25, 0.3) is 0 Å². The lowest BCUT2D eigenvalue weighted by molar-refractivity contribution is 0.294. The molecular weight excluding hydrogens is 239 g/mol. The standard InChI is InChI=1S/C12H13FN2OS/c1-15(14)11-6-2-5-10(13)12(11)16-8-9-4-3-7-17-9/h2-7H,8,14H2,1H3. The maximum absolute atomic E-state index is 13.6. The third-order valence-electron chi connectivity index (χ3n) is 2.27. The van der Waals surface area contributed by atoms with Crippen LogP contribution in [0.2, 0.25) is 0 Å². The van der Waals surface area contributed by atoms with Gasteiger partial charge in [0.25, 0.3) is 0 Å².